The third-order valence-corrected chi connectivity index (χ3v) is 4.03. The first-order chi connectivity index (χ1) is 8.77. The van der Waals surface area contributed by atoms with Crippen LogP contribution >= 0.6 is 0 Å². The van der Waals surface area contributed by atoms with Crippen LogP contribution in [0.3, 0.4) is 0 Å². The fourth-order valence-corrected chi connectivity index (χ4v) is 2.41. The van der Waals surface area contributed by atoms with Crippen LogP contribution in [0.2, 0.25) is 0 Å². The number of nitrogens with one attached hydrogen (secondary N) is 1. The predicted molar refractivity (Wildman–Crippen MR) is 79.0 cm³/mol. The Hall–Kier alpha value is -0.650. The van der Waals surface area contributed by atoms with Crippen LogP contribution in [0.5, 0.6) is 0 Å². The maximum Gasteiger partial charge on any atom is 0.237 e. The Bertz CT molecular complexity index is 296. The van der Waals surface area contributed by atoms with Crippen molar-refractivity contribution in [3.8, 4) is 0 Å². The molecule has 5 heteroatoms. The van der Waals surface area contributed by atoms with Gasteiger partial charge in [-0.15, -0.1) is 0 Å². The molecular weight excluding hydrogens is 240 g/mol. The van der Waals surface area contributed by atoms with E-state index < -0.39 is 0 Å². The fourth-order valence-electron chi connectivity index (χ4n) is 2.41. The van der Waals surface area contributed by atoms with Gasteiger partial charge in [-0.1, -0.05) is 0 Å². The lowest BCUT2D eigenvalue weighted by molar-refractivity contribution is -0.127. The molecule has 1 rings (SSSR count). The summed E-state index contributed by atoms with van der Waals surface area (Å²) in [4.78, 5) is 16.7. The van der Waals surface area contributed by atoms with Gasteiger partial charge in [0.25, 0.3) is 0 Å². The molecule has 112 valence electrons. The molecule has 0 aromatic carbocycles. The van der Waals surface area contributed by atoms with Gasteiger partial charge < -0.3 is 11.1 Å². The lowest BCUT2D eigenvalue weighted by atomic mass is 10.0. The lowest BCUT2D eigenvalue weighted by Crippen LogP contribution is -2.60. The monoisotopic (exact) mass is 270 g/mol. The molecule has 19 heavy (non-hydrogen) atoms. The molecule has 5 nitrogen and oxygen atoms in total. The standard InChI is InChI=1S/C14H30N4O/c1-11(2)16-13(19)12(3)17-6-8-18(9-7-17)14(4,5)10-15/h11-12H,6-10,15H2,1-5H3,(H,16,19). The van der Waals surface area contributed by atoms with E-state index in [1.165, 1.54) is 0 Å². The van der Waals surface area contributed by atoms with Crippen LogP contribution in [0.1, 0.15) is 34.6 Å². The van der Waals surface area contributed by atoms with Gasteiger partial charge in [0, 0.05) is 44.3 Å². The topological polar surface area (TPSA) is 61.6 Å². The molecule has 0 bridgehead atoms. The number of rotatable bonds is 5. The third kappa shape index (κ3) is 4.44. The van der Waals surface area contributed by atoms with Crippen LogP contribution in [0.4, 0.5) is 0 Å². The van der Waals surface area contributed by atoms with E-state index >= 15 is 0 Å². The molecule has 0 radical (unpaired) electrons. The molecule has 0 aromatic rings. The van der Waals surface area contributed by atoms with Crippen molar-refractivity contribution >= 4 is 5.91 Å². The fraction of sp³-hybridized carbons (Fsp3) is 0.929. The van der Waals surface area contributed by atoms with Crippen molar-refractivity contribution in [1.29, 1.82) is 0 Å². The summed E-state index contributed by atoms with van der Waals surface area (Å²) in [6.45, 7) is 14.8. The Balaban J connectivity index is 2.47. The normalized spacial score (nSPS) is 20.6. The molecule has 1 aliphatic rings. The van der Waals surface area contributed by atoms with E-state index in [0.717, 1.165) is 26.2 Å². The van der Waals surface area contributed by atoms with E-state index in [0.29, 0.717) is 6.54 Å². The minimum absolute atomic E-state index is 0.0504. The summed E-state index contributed by atoms with van der Waals surface area (Å²) < 4.78 is 0. The van der Waals surface area contributed by atoms with Crippen LogP contribution in [0, 0.1) is 0 Å². The molecule has 1 saturated heterocycles. The number of nitrogens with zero attached hydrogens (tertiary/aromatic N) is 2. The first-order valence-electron chi connectivity index (χ1n) is 7.27. The van der Waals surface area contributed by atoms with Gasteiger partial charge >= 0.3 is 0 Å². The summed E-state index contributed by atoms with van der Waals surface area (Å²) in [6, 6.07) is 0.151. The van der Waals surface area contributed by atoms with E-state index in [-0.39, 0.29) is 23.5 Å². The van der Waals surface area contributed by atoms with Gasteiger partial charge in [0.15, 0.2) is 0 Å². The van der Waals surface area contributed by atoms with Crippen molar-refractivity contribution < 1.29 is 4.79 Å². The van der Waals surface area contributed by atoms with Gasteiger partial charge in [-0.2, -0.15) is 0 Å². The molecular formula is C14H30N4O. The Morgan fingerprint density at radius 2 is 1.74 bits per heavy atom. The van der Waals surface area contributed by atoms with E-state index in [9.17, 15) is 4.79 Å². The largest absolute Gasteiger partial charge is 0.353 e. The van der Waals surface area contributed by atoms with Crippen molar-refractivity contribution in [2.24, 2.45) is 5.73 Å². The van der Waals surface area contributed by atoms with Crippen molar-refractivity contribution in [3.63, 3.8) is 0 Å². The van der Waals surface area contributed by atoms with Crippen LogP contribution in [-0.4, -0.2) is 66.1 Å². The maximum absolute atomic E-state index is 12.0. The minimum atomic E-state index is -0.0504. The molecule has 0 saturated carbocycles. The van der Waals surface area contributed by atoms with Crippen molar-refractivity contribution in [1.82, 2.24) is 15.1 Å². The first kappa shape index (κ1) is 16.4. The molecule has 0 aliphatic carbocycles. The highest BCUT2D eigenvalue weighted by atomic mass is 16.2. The van der Waals surface area contributed by atoms with E-state index in [1.807, 2.05) is 20.8 Å². The third-order valence-electron chi connectivity index (χ3n) is 4.03. The second-order valence-electron chi connectivity index (χ2n) is 6.38. The average molecular weight is 270 g/mol. The summed E-state index contributed by atoms with van der Waals surface area (Å²) in [5.74, 6) is 0.126. The van der Waals surface area contributed by atoms with Crippen LogP contribution in [0.25, 0.3) is 0 Å². The zero-order chi connectivity index (χ0) is 14.6. The summed E-state index contributed by atoms with van der Waals surface area (Å²) >= 11 is 0. The number of carbonyl (C=O) groups is 1. The van der Waals surface area contributed by atoms with E-state index in [1.54, 1.807) is 0 Å². The molecule has 1 unspecified atom stereocenters. The Kier molecular flexibility index (Phi) is 5.77. The zero-order valence-corrected chi connectivity index (χ0v) is 13.1. The quantitative estimate of drug-likeness (QED) is 0.752. The second kappa shape index (κ2) is 6.68. The number of amides is 1. The van der Waals surface area contributed by atoms with Gasteiger partial charge in [0.2, 0.25) is 5.91 Å². The lowest BCUT2D eigenvalue weighted by Gasteiger charge is -2.44. The maximum atomic E-state index is 12.0. The zero-order valence-electron chi connectivity index (χ0n) is 13.1. The second-order valence-corrected chi connectivity index (χ2v) is 6.38. The van der Waals surface area contributed by atoms with Gasteiger partial charge in [0.1, 0.15) is 0 Å². The smallest absolute Gasteiger partial charge is 0.237 e. The number of hydrogen-bond donors (Lipinski definition) is 2. The molecule has 1 amide bonds. The number of carbonyl (C=O) groups excluding carboxylic acids is 1. The predicted octanol–water partition coefficient (Wildman–Crippen LogP) is 0.254. The first-order valence-corrected chi connectivity index (χ1v) is 7.27. The van der Waals surface area contributed by atoms with E-state index in [2.05, 4.69) is 29.0 Å². The average Bonchev–Trinajstić information content (AvgIpc) is 2.37. The highest BCUT2D eigenvalue weighted by molar-refractivity contribution is 5.81. The molecule has 0 spiro atoms. The van der Waals surface area contributed by atoms with Crippen LogP contribution in [0.15, 0.2) is 0 Å². The molecule has 1 atom stereocenters. The summed E-state index contributed by atoms with van der Waals surface area (Å²) in [5, 5.41) is 2.98. The van der Waals surface area contributed by atoms with Crippen molar-refractivity contribution in [2.45, 2.75) is 52.2 Å². The Morgan fingerprint density at radius 3 is 2.16 bits per heavy atom. The van der Waals surface area contributed by atoms with Crippen LogP contribution in [-0.2, 0) is 4.79 Å². The number of hydrogen-bond acceptors (Lipinski definition) is 4. The molecule has 1 aliphatic heterocycles. The van der Waals surface area contributed by atoms with Crippen molar-refractivity contribution in [3.05, 3.63) is 0 Å². The van der Waals surface area contributed by atoms with Gasteiger partial charge in [-0.25, -0.2) is 0 Å². The number of nitrogens with two attached hydrogens (primary N) is 1. The highest BCUT2D eigenvalue weighted by Gasteiger charge is 2.31. The Morgan fingerprint density at radius 1 is 1.21 bits per heavy atom. The molecule has 3 N–H and O–H groups in total. The van der Waals surface area contributed by atoms with Crippen molar-refractivity contribution in [2.75, 3.05) is 32.7 Å². The van der Waals surface area contributed by atoms with Gasteiger partial charge in [0.05, 0.1) is 6.04 Å². The molecule has 1 heterocycles. The molecule has 1 fully saturated rings. The van der Waals surface area contributed by atoms with Gasteiger partial charge in [-0.3, -0.25) is 14.6 Å². The summed E-state index contributed by atoms with van der Waals surface area (Å²) in [6.07, 6.45) is 0. The summed E-state index contributed by atoms with van der Waals surface area (Å²) in [7, 11) is 0. The highest BCUT2D eigenvalue weighted by Crippen LogP contribution is 2.16. The summed E-state index contributed by atoms with van der Waals surface area (Å²) in [5.41, 5.74) is 5.87. The molecule has 0 aromatic heterocycles. The minimum Gasteiger partial charge on any atom is -0.353 e. The van der Waals surface area contributed by atoms with Crippen LogP contribution < -0.4 is 11.1 Å². The SMILES string of the molecule is CC(C)NC(=O)C(C)N1CCN(C(C)(C)CN)CC1. The van der Waals surface area contributed by atoms with Gasteiger partial charge in [-0.05, 0) is 34.6 Å². The Labute approximate surface area is 117 Å². The van der Waals surface area contributed by atoms with E-state index in [4.69, 9.17) is 5.73 Å². The number of piperazine rings is 1.